The highest BCUT2D eigenvalue weighted by atomic mass is 16.4. The third kappa shape index (κ3) is 2.81. The summed E-state index contributed by atoms with van der Waals surface area (Å²) < 4.78 is 0. The molecule has 3 nitrogen and oxygen atoms in total. The first kappa shape index (κ1) is 9.52. The first-order chi connectivity index (χ1) is 5.72. The standard InChI is InChI=1S/C9H17NO2/c1-2-7-5-8(10-6-7)3-4-9(11)12/h7-8,10H,2-6H2,1H3,(H,11,12). The highest BCUT2D eigenvalue weighted by molar-refractivity contribution is 5.66. The summed E-state index contributed by atoms with van der Waals surface area (Å²) in [6, 6.07) is 0.450. The molecular formula is C9H17NO2. The maximum absolute atomic E-state index is 10.3. The number of carboxylic acids is 1. The second kappa shape index (κ2) is 4.45. The first-order valence-electron chi connectivity index (χ1n) is 4.67. The van der Waals surface area contributed by atoms with Gasteiger partial charge in [0.25, 0.3) is 0 Å². The zero-order valence-electron chi connectivity index (χ0n) is 7.55. The largest absolute Gasteiger partial charge is 0.481 e. The molecule has 70 valence electrons. The Balaban J connectivity index is 2.15. The summed E-state index contributed by atoms with van der Waals surface area (Å²) in [4.78, 5) is 10.3. The van der Waals surface area contributed by atoms with E-state index in [0.29, 0.717) is 12.5 Å². The van der Waals surface area contributed by atoms with E-state index in [0.717, 1.165) is 25.3 Å². The summed E-state index contributed by atoms with van der Waals surface area (Å²) in [7, 11) is 0. The minimum atomic E-state index is -0.684. The van der Waals surface area contributed by atoms with Crippen molar-refractivity contribution < 1.29 is 9.90 Å². The lowest BCUT2D eigenvalue weighted by molar-refractivity contribution is -0.137. The van der Waals surface area contributed by atoms with Gasteiger partial charge < -0.3 is 10.4 Å². The van der Waals surface area contributed by atoms with Gasteiger partial charge >= 0.3 is 5.97 Å². The number of nitrogens with one attached hydrogen (secondary N) is 1. The van der Waals surface area contributed by atoms with Gasteiger partial charge in [0.1, 0.15) is 0 Å². The van der Waals surface area contributed by atoms with Gasteiger partial charge in [-0.15, -0.1) is 0 Å². The second-order valence-corrected chi connectivity index (χ2v) is 3.55. The minimum Gasteiger partial charge on any atom is -0.481 e. The highest BCUT2D eigenvalue weighted by Gasteiger charge is 2.22. The zero-order chi connectivity index (χ0) is 8.97. The van der Waals surface area contributed by atoms with Crippen LogP contribution in [0.1, 0.15) is 32.6 Å². The van der Waals surface area contributed by atoms with Crippen LogP contribution in [0, 0.1) is 5.92 Å². The zero-order valence-corrected chi connectivity index (χ0v) is 7.55. The first-order valence-corrected chi connectivity index (χ1v) is 4.67. The molecule has 0 spiro atoms. The van der Waals surface area contributed by atoms with Crippen LogP contribution in [-0.2, 0) is 4.79 Å². The summed E-state index contributed by atoms with van der Waals surface area (Å²) in [5.41, 5.74) is 0. The third-order valence-electron chi connectivity index (χ3n) is 2.60. The van der Waals surface area contributed by atoms with E-state index >= 15 is 0 Å². The molecule has 1 aliphatic heterocycles. The van der Waals surface area contributed by atoms with Gasteiger partial charge in [-0.3, -0.25) is 4.79 Å². The highest BCUT2D eigenvalue weighted by Crippen LogP contribution is 2.19. The van der Waals surface area contributed by atoms with Crippen LogP contribution in [0.25, 0.3) is 0 Å². The molecule has 12 heavy (non-hydrogen) atoms. The Bertz CT molecular complexity index is 159. The van der Waals surface area contributed by atoms with Gasteiger partial charge in [0, 0.05) is 12.5 Å². The van der Waals surface area contributed by atoms with Crippen molar-refractivity contribution in [2.75, 3.05) is 6.54 Å². The van der Waals surface area contributed by atoms with Crippen molar-refractivity contribution in [3.8, 4) is 0 Å². The fourth-order valence-corrected chi connectivity index (χ4v) is 1.73. The molecule has 0 radical (unpaired) electrons. The Labute approximate surface area is 73.2 Å². The molecule has 2 atom stereocenters. The summed E-state index contributed by atoms with van der Waals surface area (Å²) in [6.45, 7) is 3.26. The van der Waals surface area contributed by atoms with Gasteiger partial charge in [-0.1, -0.05) is 13.3 Å². The topological polar surface area (TPSA) is 49.3 Å². The lowest BCUT2D eigenvalue weighted by Gasteiger charge is -2.07. The van der Waals surface area contributed by atoms with Crippen LogP contribution in [0.3, 0.4) is 0 Å². The Morgan fingerprint density at radius 1 is 1.67 bits per heavy atom. The van der Waals surface area contributed by atoms with Crippen molar-refractivity contribution in [2.45, 2.75) is 38.6 Å². The predicted molar refractivity (Wildman–Crippen MR) is 47.1 cm³/mol. The summed E-state index contributed by atoms with van der Waals surface area (Å²) in [5.74, 6) is 0.0838. The average Bonchev–Trinajstić information content (AvgIpc) is 2.48. The van der Waals surface area contributed by atoms with E-state index < -0.39 is 5.97 Å². The SMILES string of the molecule is CCC1CNC(CCC(=O)O)C1. The normalized spacial score (nSPS) is 29.1. The van der Waals surface area contributed by atoms with Crippen LogP contribution >= 0.6 is 0 Å². The van der Waals surface area contributed by atoms with Crippen molar-refractivity contribution in [3.05, 3.63) is 0 Å². The van der Waals surface area contributed by atoms with Crippen molar-refractivity contribution in [2.24, 2.45) is 5.92 Å². The Morgan fingerprint density at radius 2 is 2.42 bits per heavy atom. The Morgan fingerprint density at radius 3 is 2.92 bits per heavy atom. The van der Waals surface area contributed by atoms with Crippen LogP contribution in [0.4, 0.5) is 0 Å². The molecule has 2 N–H and O–H groups in total. The molecule has 1 heterocycles. The fourth-order valence-electron chi connectivity index (χ4n) is 1.73. The van der Waals surface area contributed by atoms with Crippen LogP contribution in [0.5, 0.6) is 0 Å². The molecule has 1 saturated heterocycles. The molecule has 0 aromatic rings. The van der Waals surface area contributed by atoms with Crippen molar-refractivity contribution in [3.63, 3.8) is 0 Å². The number of rotatable bonds is 4. The third-order valence-corrected chi connectivity index (χ3v) is 2.60. The maximum Gasteiger partial charge on any atom is 0.303 e. The van der Waals surface area contributed by atoms with Gasteiger partial charge in [0.2, 0.25) is 0 Å². The summed E-state index contributed by atoms with van der Waals surface area (Å²) in [5, 5.41) is 11.8. The smallest absolute Gasteiger partial charge is 0.303 e. The van der Waals surface area contributed by atoms with E-state index in [2.05, 4.69) is 12.2 Å². The number of carbonyl (C=O) groups is 1. The number of hydrogen-bond donors (Lipinski definition) is 2. The molecule has 1 fully saturated rings. The van der Waals surface area contributed by atoms with Crippen LogP contribution in [-0.4, -0.2) is 23.7 Å². The molecule has 0 aromatic heterocycles. The lowest BCUT2D eigenvalue weighted by Crippen LogP contribution is -2.22. The number of hydrogen-bond acceptors (Lipinski definition) is 2. The predicted octanol–water partition coefficient (Wildman–Crippen LogP) is 1.24. The van der Waals surface area contributed by atoms with Crippen LogP contribution in [0.2, 0.25) is 0 Å². The molecule has 2 unspecified atom stereocenters. The Hall–Kier alpha value is -0.570. The van der Waals surface area contributed by atoms with E-state index in [1.54, 1.807) is 0 Å². The maximum atomic E-state index is 10.3. The average molecular weight is 171 g/mol. The molecule has 3 heteroatoms. The lowest BCUT2D eigenvalue weighted by atomic mass is 10.0. The summed E-state index contributed by atoms with van der Waals surface area (Å²) in [6.07, 6.45) is 3.44. The van der Waals surface area contributed by atoms with Gasteiger partial charge in [0.05, 0.1) is 0 Å². The molecule has 0 aromatic carbocycles. The van der Waals surface area contributed by atoms with Crippen molar-refractivity contribution in [1.29, 1.82) is 0 Å². The van der Waals surface area contributed by atoms with Gasteiger partial charge in [0.15, 0.2) is 0 Å². The van der Waals surface area contributed by atoms with Crippen LogP contribution in [0.15, 0.2) is 0 Å². The van der Waals surface area contributed by atoms with E-state index in [-0.39, 0.29) is 0 Å². The molecule has 1 rings (SSSR count). The summed E-state index contributed by atoms with van der Waals surface area (Å²) >= 11 is 0. The van der Waals surface area contributed by atoms with Crippen molar-refractivity contribution in [1.82, 2.24) is 5.32 Å². The molecular weight excluding hydrogens is 154 g/mol. The quantitative estimate of drug-likeness (QED) is 0.669. The van der Waals surface area contributed by atoms with Crippen molar-refractivity contribution >= 4 is 5.97 Å². The fraction of sp³-hybridized carbons (Fsp3) is 0.889. The van der Waals surface area contributed by atoms with Gasteiger partial charge in [-0.05, 0) is 25.3 Å². The van der Waals surface area contributed by atoms with Crippen LogP contribution < -0.4 is 5.32 Å². The minimum absolute atomic E-state index is 0.300. The Kier molecular flexibility index (Phi) is 3.53. The van der Waals surface area contributed by atoms with Gasteiger partial charge in [-0.2, -0.15) is 0 Å². The van der Waals surface area contributed by atoms with E-state index in [1.165, 1.54) is 6.42 Å². The monoisotopic (exact) mass is 171 g/mol. The number of carboxylic acid groups (broad SMARTS) is 1. The molecule has 0 amide bonds. The van der Waals surface area contributed by atoms with E-state index in [1.807, 2.05) is 0 Å². The molecule has 0 aliphatic carbocycles. The molecule has 0 bridgehead atoms. The molecule has 1 aliphatic rings. The van der Waals surface area contributed by atoms with Gasteiger partial charge in [-0.25, -0.2) is 0 Å². The second-order valence-electron chi connectivity index (χ2n) is 3.55. The van der Waals surface area contributed by atoms with E-state index in [9.17, 15) is 4.79 Å². The molecule has 0 saturated carbocycles. The van der Waals surface area contributed by atoms with E-state index in [4.69, 9.17) is 5.11 Å². The number of aliphatic carboxylic acids is 1.